The Morgan fingerprint density at radius 1 is 1.57 bits per heavy atom. The van der Waals surface area contributed by atoms with Gasteiger partial charge in [0.1, 0.15) is 6.29 Å². The number of amides is 1. The van der Waals surface area contributed by atoms with Crippen LogP contribution in [0.4, 0.5) is 0 Å². The van der Waals surface area contributed by atoms with Crippen molar-refractivity contribution in [2.24, 2.45) is 5.92 Å². The number of nitrogens with zero attached hydrogens (tertiary/aromatic N) is 1. The molecule has 0 aromatic carbocycles. The van der Waals surface area contributed by atoms with Crippen molar-refractivity contribution in [1.29, 1.82) is 0 Å². The molecule has 4 nitrogen and oxygen atoms in total. The Hall–Kier alpha value is -0.900. The summed E-state index contributed by atoms with van der Waals surface area (Å²) in [5.74, 6) is -0.0534. The van der Waals surface area contributed by atoms with Crippen LogP contribution in [-0.2, 0) is 9.59 Å². The highest BCUT2D eigenvalue weighted by molar-refractivity contribution is 5.78. The maximum absolute atomic E-state index is 11.4. The molecule has 4 heteroatoms. The molecule has 0 aliphatic rings. The molecule has 0 aromatic heterocycles. The minimum atomic E-state index is -0.0739. The quantitative estimate of drug-likeness (QED) is 0.600. The van der Waals surface area contributed by atoms with E-state index >= 15 is 0 Å². The highest BCUT2D eigenvalue weighted by atomic mass is 16.1. The van der Waals surface area contributed by atoms with Crippen LogP contribution in [0.25, 0.3) is 0 Å². The van der Waals surface area contributed by atoms with Crippen molar-refractivity contribution >= 4 is 12.2 Å². The SMILES string of the molecule is CCN(C)CC(CCC=O)C(=O)NC. The van der Waals surface area contributed by atoms with Crippen molar-refractivity contribution in [2.75, 3.05) is 27.2 Å². The lowest BCUT2D eigenvalue weighted by atomic mass is 10.0. The van der Waals surface area contributed by atoms with E-state index in [1.807, 2.05) is 14.0 Å². The third-order valence-electron chi connectivity index (χ3n) is 2.32. The Bertz CT molecular complexity index is 183. The summed E-state index contributed by atoms with van der Waals surface area (Å²) < 4.78 is 0. The van der Waals surface area contributed by atoms with Gasteiger partial charge in [-0.25, -0.2) is 0 Å². The highest BCUT2D eigenvalue weighted by Gasteiger charge is 2.17. The third kappa shape index (κ3) is 4.97. The first-order chi connectivity index (χ1) is 6.65. The average molecular weight is 200 g/mol. The van der Waals surface area contributed by atoms with Gasteiger partial charge >= 0.3 is 0 Å². The van der Waals surface area contributed by atoms with Gasteiger partial charge < -0.3 is 15.0 Å². The fourth-order valence-corrected chi connectivity index (χ4v) is 1.28. The molecule has 0 saturated heterocycles. The van der Waals surface area contributed by atoms with Gasteiger partial charge in [-0.2, -0.15) is 0 Å². The zero-order valence-corrected chi connectivity index (χ0v) is 9.25. The van der Waals surface area contributed by atoms with Gasteiger partial charge in [0.05, 0.1) is 5.92 Å². The van der Waals surface area contributed by atoms with E-state index in [1.165, 1.54) is 0 Å². The maximum Gasteiger partial charge on any atom is 0.224 e. The monoisotopic (exact) mass is 200 g/mol. The van der Waals surface area contributed by atoms with E-state index < -0.39 is 0 Å². The molecule has 0 heterocycles. The molecule has 82 valence electrons. The summed E-state index contributed by atoms with van der Waals surface area (Å²) in [6.45, 7) is 3.67. The fraction of sp³-hybridized carbons (Fsp3) is 0.800. The lowest BCUT2D eigenvalue weighted by molar-refractivity contribution is -0.125. The van der Waals surface area contributed by atoms with Crippen LogP contribution < -0.4 is 5.32 Å². The minimum Gasteiger partial charge on any atom is -0.359 e. The maximum atomic E-state index is 11.4. The molecule has 1 atom stereocenters. The number of carbonyl (C=O) groups excluding carboxylic acids is 2. The van der Waals surface area contributed by atoms with Crippen LogP contribution in [-0.4, -0.2) is 44.3 Å². The number of aldehydes is 1. The Balaban J connectivity index is 4.09. The number of carbonyl (C=O) groups is 2. The van der Waals surface area contributed by atoms with Crippen molar-refractivity contribution in [2.45, 2.75) is 19.8 Å². The summed E-state index contributed by atoms with van der Waals surface area (Å²) in [4.78, 5) is 23.7. The van der Waals surface area contributed by atoms with Gasteiger partial charge in [-0.05, 0) is 20.0 Å². The molecule has 0 saturated carbocycles. The summed E-state index contributed by atoms with van der Waals surface area (Å²) in [5.41, 5.74) is 0. The predicted molar refractivity (Wildman–Crippen MR) is 56.0 cm³/mol. The number of nitrogens with one attached hydrogen (secondary N) is 1. The van der Waals surface area contributed by atoms with Gasteiger partial charge in [-0.1, -0.05) is 6.92 Å². The second-order valence-corrected chi connectivity index (χ2v) is 3.41. The summed E-state index contributed by atoms with van der Waals surface area (Å²) >= 11 is 0. The third-order valence-corrected chi connectivity index (χ3v) is 2.32. The largest absolute Gasteiger partial charge is 0.359 e. The summed E-state index contributed by atoms with van der Waals surface area (Å²) in [5, 5.41) is 2.62. The number of hydrogen-bond acceptors (Lipinski definition) is 3. The first-order valence-electron chi connectivity index (χ1n) is 4.99. The van der Waals surface area contributed by atoms with Crippen LogP contribution in [0.15, 0.2) is 0 Å². The first-order valence-corrected chi connectivity index (χ1v) is 4.99. The van der Waals surface area contributed by atoms with Crippen LogP contribution in [0.5, 0.6) is 0 Å². The van der Waals surface area contributed by atoms with Crippen LogP contribution in [0.2, 0.25) is 0 Å². The van der Waals surface area contributed by atoms with Crippen LogP contribution in [0.1, 0.15) is 19.8 Å². The minimum absolute atomic E-state index is 0.0205. The van der Waals surface area contributed by atoms with Crippen LogP contribution >= 0.6 is 0 Å². The topological polar surface area (TPSA) is 49.4 Å². The summed E-state index contributed by atoms with van der Waals surface area (Å²) in [6.07, 6.45) is 1.95. The molecule has 0 aliphatic heterocycles. The molecule has 14 heavy (non-hydrogen) atoms. The van der Waals surface area contributed by atoms with Gasteiger partial charge in [0.15, 0.2) is 0 Å². The normalized spacial score (nSPS) is 12.6. The lowest BCUT2D eigenvalue weighted by Crippen LogP contribution is -2.36. The zero-order valence-electron chi connectivity index (χ0n) is 9.25. The van der Waals surface area contributed by atoms with Crippen molar-refractivity contribution < 1.29 is 9.59 Å². The smallest absolute Gasteiger partial charge is 0.224 e. The average Bonchev–Trinajstić information content (AvgIpc) is 2.22. The van der Waals surface area contributed by atoms with E-state index in [4.69, 9.17) is 0 Å². The Kier molecular flexibility index (Phi) is 7.02. The fourth-order valence-electron chi connectivity index (χ4n) is 1.28. The van der Waals surface area contributed by atoms with E-state index in [2.05, 4.69) is 10.2 Å². The molecule has 0 bridgehead atoms. The van der Waals surface area contributed by atoms with Crippen molar-refractivity contribution in [3.63, 3.8) is 0 Å². The second kappa shape index (κ2) is 7.50. The Morgan fingerprint density at radius 2 is 2.21 bits per heavy atom. The molecule has 0 radical (unpaired) electrons. The summed E-state index contributed by atoms with van der Waals surface area (Å²) in [7, 11) is 3.60. The van der Waals surface area contributed by atoms with E-state index in [0.717, 1.165) is 12.8 Å². The van der Waals surface area contributed by atoms with Crippen molar-refractivity contribution in [3.8, 4) is 0 Å². The standard InChI is InChI=1S/C10H20N2O2/c1-4-12(3)8-9(6-5-7-13)10(14)11-2/h7,9H,4-6,8H2,1-3H3,(H,11,14). The predicted octanol–water partition coefficient (Wildman–Crippen LogP) is 0.279. The number of rotatable bonds is 7. The molecule has 1 unspecified atom stereocenters. The second-order valence-electron chi connectivity index (χ2n) is 3.41. The first kappa shape index (κ1) is 13.1. The van der Waals surface area contributed by atoms with Crippen molar-refractivity contribution in [3.05, 3.63) is 0 Å². The number of hydrogen-bond donors (Lipinski definition) is 1. The van der Waals surface area contributed by atoms with Crippen LogP contribution in [0, 0.1) is 5.92 Å². The summed E-state index contributed by atoms with van der Waals surface area (Å²) in [6, 6.07) is 0. The molecule has 0 aliphatic carbocycles. The molecule has 0 aromatic rings. The molecule has 0 rings (SSSR count). The molecule has 1 N–H and O–H groups in total. The molecule has 0 spiro atoms. The van der Waals surface area contributed by atoms with E-state index in [1.54, 1.807) is 7.05 Å². The van der Waals surface area contributed by atoms with E-state index in [0.29, 0.717) is 19.4 Å². The van der Waals surface area contributed by atoms with Gasteiger partial charge in [0.25, 0.3) is 0 Å². The molecule has 0 fully saturated rings. The van der Waals surface area contributed by atoms with Gasteiger partial charge in [0, 0.05) is 20.0 Å². The highest BCUT2D eigenvalue weighted by Crippen LogP contribution is 2.07. The zero-order chi connectivity index (χ0) is 11.0. The van der Waals surface area contributed by atoms with Crippen LogP contribution in [0.3, 0.4) is 0 Å². The molecule has 1 amide bonds. The Labute approximate surface area is 85.7 Å². The van der Waals surface area contributed by atoms with Gasteiger partial charge in [-0.3, -0.25) is 4.79 Å². The van der Waals surface area contributed by atoms with Crippen molar-refractivity contribution in [1.82, 2.24) is 10.2 Å². The van der Waals surface area contributed by atoms with E-state index in [9.17, 15) is 9.59 Å². The lowest BCUT2D eigenvalue weighted by Gasteiger charge is -2.20. The molecular formula is C10H20N2O2. The van der Waals surface area contributed by atoms with Gasteiger partial charge in [0.2, 0.25) is 5.91 Å². The molecular weight excluding hydrogens is 180 g/mol. The van der Waals surface area contributed by atoms with E-state index in [-0.39, 0.29) is 11.8 Å². The van der Waals surface area contributed by atoms with Gasteiger partial charge in [-0.15, -0.1) is 0 Å². The Morgan fingerprint density at radius 3 is 2.64 bits per heavy atom.